The summed E-state index contributed by atoms with van der Waals surface area (Å²) in [6, 6.07) is 6.09. The number of rotatable bonds is 1. The smallest absolute Gasteiger partial charge is 0.115 e. The molecule has 1 nitrogen and oxygen atoms in total. The lowest BCUT2D eigenvalue weighted by molar-refractivity contribution is 0.0406. The van der Waals surface area contributed by atoms with Crippen LogP contribution >= 0.6 is 22.6 Å². The van der Waals surface area contributed by atoms with Crippen LogP contribution in [0.15, 0.2) is 28.4 Å². The average molecular weight is 408 g/mol. The van der Waals surface area contributed by atoms with E-state index in [-0.39, 0.29) is 0 Å². The SMILES string of the molecule is C=C(I)C1CCC2C3CCc4cc(O)ccc4C3CCC12C. The molecule has 0 bridgehead atoms. The molecule has 3 aliphatic rings. The molecule has 0 aliphatic heterocycles. The number of fused-ring (bicyclic) bond motifs is 5. The van der Waals surface area contributed by atoms with Crippen LogP contribution in [-0.2, 0) is 6.42 Å². The van der Waals surface area contributed by atoms with Crippen molar-refractivity contribution in [2.75, 3.05) is 0 Å². The molecule has 0 heterocycles. The first-order valence-corrected chi connectivity index (χ1v) is 9.74. The molecule has 1 N–H and O–H groups in total. The Labute approximate surface area is 147 Å². The molecule has 2 heteroatoms. The average Bonchev–Trinajstić information content (AvgIpc) is 2.84. The summed E-state index contributed by atoms with van der Waals surface area (Å²) in [4.78, 5) is 0. The van der Waals surface area contributed by atoms with Crippen molar-refractivity contribution in [3.8, 4) is 5.75 Å². The zero-order chi connectivity index (χ0) is 15.5. The molecule has 118 valence electrons. The van der Waals surface area contributed by atoms with Crippen LogP contribution in [0, 0.1) is 23.2 Å². The van der Waals surface area contributed by atoms with E-state index in [2.05, 4.69) is 42.2 Å². The molecule has 5 atom stereocenters. The highest BCUT2D eigenvalue weighted by atomic mass is 127. The van der Waals surface area contributed by atoms with Gasteiger partial charge in [-0.15, -0.1) is 0 Å². The maximum absolute atomic E-state index is 9.76. The van der Waals surface area contributed by atoms with E-state index in [1.807, 2.05) is 12.1 Å². The van der Waals surface area contributed by atoms with Crippen LogP contribution in [0.25, 0.3) is 0 Å². The van der Waals surface area contributed by atoms with Gasteiger partial charge >= 0.3 is 0 Å². The highest BCUT2D eigenvalue weighted by Crippen LogP contribution is 2.64. The van der Waals surface area contributed by atoms with Crippen LogP contribution in [0.4, 0.5) is 0 Å². The molecule has 5 unspecified atom stereocenters. The number of allylic oxidation sites excluding steroid dienone is 1. The summed E-state index contributed by atoms with van der Waals surface area (Å²) in [5, 5.41) is 9.76. The first kappa shape index (κ1) is 15.0. The molecule has 2 saturated carbocycles. The van der Waals surface area contributed by atoms with Gasteiger partial charge in [-0.05, 0) is 117 Å². The molecule has 0 saturated heterocycles. The number of aromatic hydroxyl groups is 1. The molecule has 4 rings (SSSR count). The van der Waals surface area contributed by atoms with Crippen molar-refractivity contribution in [3.63, 3.8) is 0 Å². The third kappa shape index (κ3) is 2.09. The molecule has 0 aromatic heterocycles. The Morgan fingerprint density at radius 2 is 2.09 bits per heavy atom. The molecule has 1 aromatic carbocycles. The summed E-state index contributed by atoms with van der Waals surface area (Å²) in [7, 11) is 0. The van der Waals surface area contributed by atoms with E-state index in [9.17, 15) is 5.11 Å². The molecule has 0 amide bonds. The van der Waals surface area contributed by atoms with Gasteiger partial charge in [0.2, 0.25) is 0 Å². The Morgan fingerprint density at radius 1 is 1.27 bits per heavy atom. The van der Waals surface area contributed by atoms with Crippen molar-refractivity contribution in [1.29, 1.82) is 0 Å². The molecular weight excluding hydrogens is 383 g/mol. The predicted molar refractivity (Wildman–Crippen MR) is 99.4 cm³/mol. The Balaban J connectivity index is 1.69. The summed E-state index contributed by atoms with van der Waals surface area (Å²) in [5.74, 6) is 3.59. The first-order valence-electron chi connectivity index (χ1n) is 8.67. The van der Waals surface area contributed by atoms with Gasteiger partial charge in [-0.3, -0.25) is 0 Å². The highest BCUT2D eigenvalue weighted by Gasteiger charge is 2.54. The van der Waals surface area contributed by atoms with Gasteiger partial charge in [-0.2, -0.15) is 0 Å². The minimum atomic E-state index is 0.431. The van der Waals surface area contributed by atoms with Gasteiger partial charge in [0.25, 0.3) is 0 Å². The molecule has 22 heavy (non-hydrogen) atoms. The summed E-state index contributed by atoms with van der Waals surface area (Å²) in [6.45, 7) is 6.83. The minimum Gasteiger partial charge on any atom is -0.508 e. The van der Waals surface area contributed by atoms with Crippen LogP contribution in [0.2, 0.25) is 0 Å². The number of phenolic OH excluding ortho intramolecular Hbond substituents is 1. The van der Waals surface area contributed by atoms with Crippen LogP contribution in [0.5, 0.6) is 5.75 Å². The molecule has 1 aromatic rings. The second-order valence-corrected chi connectivity index (χ2v) is 9.31. The van der Waals surface area contributed by atoms with Gasteiger partial charge in [0.15, 0.2) is 0 Å². The third-order valence-corrected chi connectivity index (χ3v) is 7.84. The quantitative estimate of drug-likeness (QED) is 0.582. The summed E-state index contributed by atoms with van der Waals surface area (Å²) in [5.41, 5.74) is 3.42. The lowest BCUT2D eigenvalue weighted by atomic mass is 9.54. The maximum atomic E-state index is 9.76. The van der Waals surface area contributed by atoms with Gasteiger partial charge in [0.1, 0.15) is 5.75 Å². The van der Waals surface area contributed by atoms with Gasteiger partial charge in [-0.1, -0.05) is 19.6 Å². The Morgan fingerprint density at radius 3 is 2.86 bits per heavy atom. The minimum absolute atomic E-state index is 0.431. The second-order valence-electron chi connectivity index (χ2n) is 7.92. The zero-order valence-electron chi connectivity index (χ0n) is 13.3. The predicted octanol–water partition coefficient (Wildman–Crippen LogP) is 5.81. The topological polar surface area (TPSA) is 20.2 Å². The van der Waals surface area contributed by atoms with Gasteiger partial charge in [0, 0.05) is 0 Å². The van der Waals surface area contributed by atoms with Crippen molar-refractivity contribution >= 4 is 22.6 Å². The third-order valence-electron chi connectivity index (χ3n) is 7.09. The van der Waals surface area contributed by atoms with Crippen LogP contribution in [0.3, 0.4) is 0 Å². The largest absolute Gasteiger partial charge is 0.508 e. The van der Waals surface area contributed by atoms with E-state index < -0.39 is 0 Å². The van der Waals surface area contributed by atoms with Gasteiger partial charge in [0.05, 0.1) is 0 Å². The fraction of sp³-hybridized carbons (Fsp3) is 0.600. The summed E-state index contributed by atoms with van der Waals surface area (Å²) in [6.07, 6.45) is 7.84. The van der Waals surface area contributed by atoms with E-state index in [0.717, 1.165) is 30.1 Å². The number of hydrogen-bond acceptors (Lipinski definition) is 1. The van der Waals surface area contributed by atoms with E-state index in [1.54, 1.807) is 0 Å². The van der Waals surface area contributed by atoms with E-state index >= 15 is 0 Å². The number of benzene rings is 1. The lowest BCUT2D eigenvalue weighted by Crippen LogP contribution is -2.42. The van der Waals surface area contributed by atoms with Crippen molar-refractivity contribution in [2.24, 2.45) is 23.2 Å². The van der Waals surface area contributed by atoms with Crippen LogP contribution in [-0.4, -0.2) is 5.11 Å². The lowest BCUT2D eigenvalue weighted by Gasteiger charge is -2.51. The molecule has 2 fully saturated rings. The Kier molecular flexibility index (Phi) is 3.59. The van der Waals surface area contributed by atoms with Crippen LogP contribution in [0.1, 0.15) is 56.1 Å². The number of halogens is 1. The van der Waals surface area contributed by atoms with Crippen molar-refractivity contribution in [2.45, 2.75) is 51.4 Å². The second kappa shape index (κ2) is 5.25. The van der Waals surface area contributed by atoms with E-state index in [1.165, 1.54) is 46.8 Å². The molecule has 0 radical (unpaired) electrons. The highest BCUT2D eigenvalue weighted by molar-refractivity contribution is 14.1. The van der Waals surface area contributed by atoms with Gasteiger partial charge < -0.3 is 5.11 Å². The van der Waals surface area contributed by atoms with E-state index in [4.69, 9.17) is 0 Å². The number of aryl methyl sites for hydroxylation is 1. The first-order chi connectivity index (χ1) is 10.5. The van der Waals surface area contributed by atoms with Crippen molar-refractivity contribution in [3.05, 3.63) is 39.5 Å². The van der Waals surface area contributed by atoms with Crippen molar-refractivity contribution in [1.82, 2.24) is 0 Å². The molecular formula is C20H25IO. The maximum Gasteiger partial charge on any atom is 0.115 e. The Hall–Kier alpha value is -0.510. The van der Waals surface area contributed by atoms with Crippen LogP contribution < -0.4 is 0 Å². The zero-order valence-corrected chi connectivity index (χ0v) is 15.5. The molecule has 0 spiro atoms. The standard InChI is InChI=1S/C20H25IO/c1-12(21)18-7-8-19-17-5-3-13-11-14(22)4-6-15(13)16(17)9-10-20(18,19)2/h4,6,11,16-19,22H,1,3,5,7-10H2,2H3. The monoisotopic (exact) mass is 408 g/mol. The Bertz CT molecular complexity index is 622. The fourth-order valence-corrected chi connectivity index (χ4v) is 7.11. The molecule has 3 aliphatic carbocycles. The summed E-state index contributed by atoms with van der Waals surface area (Å²) < 4.78 is 1.38. The summed E-state index contributed by atoms with van der Waals surface area (Å²) >= 11 is 2.47. The normalized spacial score (nSPS) is 39.7. The van der Waals surface area contributed by atoms with Gasteiger partial charge in [-0.25, -0.2) is 0 Å². The van der Waals surface area contributed by atoms with Crippen molar-refractivity contribution < 1.29 is 5.11 Å². The number of hydrogen-bond donors (Lipinski definition) is 1. The van der Waals surface area contributed by atoms with E-state index in [0.29, 0.717) is 11.2 Å². The fourth-order valence-electron chi connectivity index (χ4n) is 6.08. The number of phenols is 1.